The van der Waals surface area contributed by atoms with Gasteiger partial charge in [-0.25, -0.2) is 4.98 Å². The summed E-state index contributed by atoms with van der Waals surface area (Å²) in [5.41, 5.74) is 1.45. The molecule has 3 rings (SSSR count). The van der Waals surface area contributed by atoms with Gasteiger partial charge in [-0.2, -0.15) is 4.98 Å². The van der Waals surface area contributed by atoms with Crippen molar-refractivity contribution in [1.82, 2.24) is 9.97 Å². The maximum atomic E-state index is 6.17. The topological polar surface area (TPSA) is 59.1 Å². The molecule has 0 amide bonds. The van der Waals surface area contributed by atoms with Crippen molar-refractivity contribution < 1.29 is 4.74 Å². The Morgan fingerprint density at radius 2 is 1.71 bits per heavy atom. The number of benzene rings is 2. The molecule has 24 heavy (non-hydrogen) atoms. The van der Waals surface area contributed by atoms with E-state index in [1.54, 1.807) is 37.6 Å². The molecule has 0 fully saturated rings. The lowest BCUT2D eigenvalue weighted by molar-refractivity contribution is 0.417. The molecule has 5 nitrogen and oxygen atoms in total. The third-order valence-corrected chi connectivity index (χ3v) is 4.04. The Labute approximate surface area is 149 Å². The van der Waals surface area contributed by atoms with Crippen LogP contribution in [0, 0.1) is 0 Å². The average molecular weight is 361 g/mol. The summed E-state index contributed by atoms with van der Waals surface area (Å²) in [5.74, 6) is 1.75. The Balaban J connectivity index is 1.83. The first kappa shape index (κ1) is 16.4. The molecule has 0 saturated carbocycles. The van der Waals surface area contributed by atoms with Gasteiger partial charge in [-0.1, -0.05) is 41.4 Å². The second-order valence-electron chi connectivity index (χ2n) is 4.82. The minimum atomic E-state index is 0.402. The van der Waals surface area contributed by atoms with E-state index < -0.39 is 0 Å². The Kier molecular flexibility index (Phi) is 5.03. The van der Waals surface area contributed by atoms with Crippen LogP contribution in [0.25, 0.3) is 0 Å². The summed E-state index contributed by atoms with van der Waals surface area (Å²) in [6.07, 6.45) is 1.64. The largest absolute Gasteiger partial charge is 0.495 e. The Hall–Kier alpha value is -2.50. The van der Waals surface area contributed by atoms with Crippen LogP contribution < -0.4 is 15.4 Å². The standard InChI is InChI=1S/C17H14Cl2N4O/c1-24-14-8-3-2-6-12(14)21-15-9-10-20-17(23-15)22-13-7-4-5-11(18)16(13)19/h2-10H,1H3,(H2,20,21,22,23). The Bertz CT molecular complexity index is 857. The van der Waals surface area contributed by atoms with E-state index in [1.807, 2.05) is 24.3 Å². The molecule has 0 saturated heterocycles. The van der Waals surface area contributed by atoms with Gasteiger partial charge in [0.05, 0.1) is 28.5 Å². The van der Waals surface area contributed by atoms with Crippen molar-refractivity contribution in [1.29, 1.82) is 0 Å². The summed E-state index contributed by atoms with van der Waals surface area (Å²) < 4.78 is 5.32. The molecule has 0 atom stereocenters. The van der Waals surface area contributed by atoms with Crippen molar-refractivity contribution in [2.45, 2.75) is 0 Å². The lowest BCUT2D eigenvalue weighted by Gasteiger charge is -2.12. The van der Waals surface area contributed by atoms with E-state index in [-0.39, 0.29) is 0 Å². The number of rotatable bonds is 5. The fraction of sp³-hybridized carbons (Fsp3) is 0.0588. The van der Waals surface area contributed by atoms with Crippen LogP contribution in [0.2, 0.25) is 10.0 Å². The smallest absolute Gasteiger partial charge is 0.229 e. The highest BCUT2D eigenvalue weighted by Crippen LogP contribution is 2.31. The third kappa shape index (κ3) is 3.69. The van der Waals surface area contributed by atoms with E-state index in [4.69, 9.17) is 27.9 Å². The number of halogens is 2. The summed E-state index contributed by atoms with van der Waals surface area (Å²) in [4.78, 5) is 8.61. The number of anilines is 4. The van der Waals surface area contributed by atoms with Crippen molar-refractivity contribution in [2.75, 3.05) is 17.7 Å². The number of hydrogen-bond donors (Lipinski definition) is 2. The lowest BCUT2D eigenvalue weighted by Crippen LogP contribution is -2.01. The van der Waals surface area contributed by atoms with E-state index in [0.717, 1.165) is 11.4 Å². The van der Waals surface area contributed by atoms with E-state index >= 15 is 0 Å². The van der Waals surface area contributed by atoms with Crippen molar-refractivity contribution in [3.05, 3.63) is 64.8 Å². The third-order valence-electron chi connectivity index (χ3n) is 3.22. The molecule has 0 aliphatic rings. The van der Waals surface area contributed by atoms with Gasteiger partial charge in [0.15, 0.2) is 0 Å². The highest BCUT2D eigenvalue weighted by Gasteiger charge is 2.08. The van der Waals surface area contributed by atoms with Crippen LogP contribution in [0.4, 0.5) is 23.1 Å². The first-order valence-electron chi connectivity index (χ1n) is 7.11. The van der Waals surface area contributed by atoms with Gasteiger partial charge in [0.2, 0.25) is 5.95 Å². The zero-order valence-corrected chi connectivity index (χ0v) is 14.3. The summed E-state index contributed by atoms with van der Waals surface area (Å²) in [5, 5.41) is 7.14. The van der Waals surface area contributed by atoms with Crippen LogP contribution >= 0.6 is 23.2 Å². The van der Waals surface area contributed by atoms with Crippen LogP contribution in [0.1, 0.15) is 0 Å². The van der Waals surface area contributed by atoms with Crippen LogP contribution in [-0.2, 0) is 0 Å². The lowest BCUT2D eigenvalue weighted by atomic mass is 10.3. The number of methoxy groups -OCH3 is 1. The Morgan fingerprint density at radius 1 is 0.917 bits per heavy atom. The predicted molar refractivity (Wildman–Crippen MR) is 98.1 cm³/mol. The number of para-hydroxylation sites is 2. The average Bonchev–Trinajstić information content (AvgIpc) is 2.60. The first-order valence-corrected chi connectivity index (χ1v) is 7.87. The molecule has 0 radical (unpaired) electrons. The zero-order chi connectivity index (χ0) is 16.9. The normalized spacial score (nSPS) is 10.3. The van der Waals surface area contributed by atoms with Gasteiger partial charge >= 0.3 is 0 Å². The van der Waals surface area contributed by atoms with Crippen molar-refractivity contribution in [3.63, 3.8) is 0 Å². The maximum absolute atomic E-state index is 6.17. The minimum Gasteiger partial charge on any atom is -0.495 e. The molecule has 2 N–H and O–H groups in total. The highest BCUT2D eigenvalue weighted by molar-refractivity contribution is 6.43. The van der Waals surface area contributed by atoms with Crippen molar-refractivity contribution in [3.8, 4) is 5.75 Å². The van der Waals surface area contributed by atoms with Crippen LogP contribution in [0.5, 0.6) is 5.75 Å². The molecule has 0 aliphatic heterocycles. The van der Waals surface area contributed by atoms with Crippen LogP contribution in [0.3, 0.4) is 0 Å². The molecule has 1 aromatic heterocycles. The van der Waals surface area contributed by atoms with Gasteiger partial charge in [0.1, 0.15) is 11.6 Å². The summed E-state index contributed by atoms with van der Waals surface area (Å²) >= 11 is 12.2. The summed E-state index contributed by atoms with van der Waals surface area (Å²) in [6.45, 7) is 0. The van der Waals surface area contributed by atoms with Crippen LogP contribution in [-0.4, -0.2) is 17.1 Å². The van der Waals surface area contributed by atoms with Gasteiger partial charge in [-0.15, -0.1) is 0 Å². The second-order valence-corrected chi connectivity index (χ2v) is 5.60. The van der Waals surface area contributed by atoms with E-state index in [9.17, 15) is 0 Å². The molecule has 0 aliphatic carbocycles. The maximum Gasteiger partial charge on any atom is 0.229 e. The van der Waals surface area contributed by atoms with Gasteiger partial charge in [-0.3, -0.25) is 0 Å². The van der Waals surface area contributed by atoms with E-state index in [2.05, 4.69) is 20.6 Å². The number of nitrogens with zero attached hydrogens (tertiary/aromatic N) is 2. The van der Waals surface area contributed by atoms with Gasteiger partial charge < -0.3 is 15.4 Å². The molecule has 0 bridgehead atoms. The fourth-order valence-corrected chi connectivity index (χ4v) is 2.44. The molecule has 7 heteroatoms. The fourth-order valence-electron chi connectivity index (χ4n) is 2.10. The van der Waals surface area contributed by atoms with Gasteiger partial charge in [0, 0.05) is 6.20 Å². The van der Waals surface area contributed by atoms with Crippen molar-refractivity contribution in [2.24, 2.45) is 0 Å². The Morgan fingerprint density at radius 3 is 2.54 bits per heavy atom. The number of hydrogen-bond acceptors (Lipinski definition) is 5. The minimum absolute atomic E-state index is 0.402. The SMILES string of the molecule is COc1ccccc1Nc1ccnc(Nc2cccc(Cl)c2Cl)n1. The molecule has 0 spiro atoms. The summed E-state index contributed by atoms with van der Waals surface area (Å²) in [7, 11) is 1.62. The quantitative estimate of drug-likeness (QED) is 0.648. The zero-order valence-electron chi connectivity index (χ0n) is 12.8. The highest BCUT2D eigenvalue weighted by atomic mass is 35.5. The monoisotopic (exact) mass is 360 g/mol. The van der Waals surface area contributed by atoms with E-state index in [0.29, 0.717) is 27.5 Å². The molecule has 2 aromatic carbocycles. The predicted octanol–water partition coefficient (Wildman–Crippen LogP) is 5.28. The molecular weight excluding hydrogens is 347 g/mol. The molecular formula is C17H14Cl2N4O. The number of ether oxygens (including phenoxy) is 1. The molecule has 1 heterocycles. The van der Waals surface area contributed by atoms with Gasteiger partial charge in [-0.05, 0) is 30.3 Å². The van der Waals surface area contributed by atoms with E-state index in [1.165, 1.54) is 0 Å². The molecule has 122 valence electrons. The number of nitrogens with one attached hydrogen (secondary N) is 2. The number of aromatic nitrogens is 2. The van der Waals surface area contributed by atoms with Crippen molar-refractivity contribution >= 4 is 46.3 Å². The summed E-state index contributed by atoms with van der Waals surface area (Å²) in [6, 6.07) is 14.7. The molecule has 0 unspecified atom stereocenters. The second kappa shape index (κ2) is 7.38. The van der Waals surface area contributed by atoms with Gasteiger partial charge in [0.25, 0.3) is 0 Å². The van der Waals surface area contributed by atoms with Crippen LogP contribution in [0.15, 0.2) is 54.7 Å². The molecule has 3 aromatic rings. The first-order chi connectivity index (χ1) is 11.7.